The van der Waals surface area contributed by atoms with Crippen LogP contribution in [0.2, 0.25) is 0 Å². The summed E-state index contributed by atoms with van der Waals surface area (Å²) in [6.07, 6.45) is 2.07. The second kappa shape index (κ2) is 11.0. The Balaban J connectivity index is 1.68. The minimum absolute atomic E-state index is 0.0576. The monoisotopic (exact) mass is 378 g/mol. The number of halogens is 1. The number of hydrogen-bond donors (Lipinski definition) is 1. The molecule has 1 aliphatic rings. The van der Waals surface area contributed by atoms with Gasteiger partial charge in [0, 0.05) is 39.3 Å². The minimum atomic E-state index is -0.255. The highest BCUT2D eigenvalue weighted by Gasteiger charge is 2.23. The molecule has 0 bridgehead atoms. The highest BCUT2D eigenvalue weighted by atomic mass is 19.1. The number of nitrogens with zero attached hydrogens (tertiary/aromatic N) is 3. The molecular weight excluding hydrogens is 347 g/mol. The summed E-state index contributed by atoms with van der Waals surface area (Å²) in [6, 6.07) is 6.34. The summed E-state index contributed by atoms with van der Waals surface area (Å²) in [5.74, 6) is -0.108. The van der Waals surface area contributed by atoms with Crippen LogP contribution < -0.4 is 5.32 Å². The first-order chi connectivity index (χ1) is 13.0. The highest BCUT2D eigenvalue weighted by Crippen LogP contribution is 2.07. The van der Waals surface area contributed by atoms with Gasteiger partial charge in [-0.25, -0.2) is 4.39 Å². The average Bonchev–Trinajstić information content (AvgIpc) is 2.64. The fourth-order valence-electron chi connectivity index (χ4n) is 3.11. The number of benzene rings is 1. The summed E-state index contributed by atoms with van der Waals surface area (Å²) in [7, 11) is 1.89. The zero-order chi connectivity index (χ0) is 19.6. The van der Waals surface area contributed by atoms with Gasteiger partial charge < -0.3 is 10.2 Å². The number of unbranched alkanes of at least 4 members (excludes halogenated alkanes) is 1. The van der Waals surface area contributed by atoms with Gasteiger partial charge in [0.05, 0.1) is 13.1 Å². The van der Waals surface area contributed by atoms with E-state index in [1.165, 1.54) is 12.1 Å². The summed E-state index contributed by atoms with van der Waals surface area (Å²) in [5, 5.41) is 2.93. The lowest BCUT2D eigenvalue weighted by Crippen LogP contribution is -2.52. The largest absolute Gasteiger partial charge is 0.355 e. The molecule has 0 spiro atoms. The van der Waals surface area contributed by atoms with Crippen LogP contribution in [0, 0.1) is 5.82 Å². The molecule has 1 N–H and O–H groups in total. The third kappa shape index (κ3) is 7.64. The van der Waals surface area contributed by atoms with Gasteiger partial charge in [-0.05, 0) is 31.2 Å². The van der Waals surface area contributed by atoms with Crippen molar-refractivity contribution in [3.63, 3.8) is 0 Å². The van der Waals surface area contributed by atoms with Gasteiger partial charge >= 0.3 is 0 Å². The van der Waals surface area contributed by atoms with Gasteiger partial charge in [0.1, 0.15) is 5.82 Å². The van der Waals surface area contributed by atoms with E-state index >= 15 is 0 Å². The molecule has 150 valence electrons. The predicted octanol–water partition coefficient (Wildman–Crippen LogP) is 1.32. The van der Waals surface area contributed by atoms with Crippen molar-refractivity contribution in [3.05, 3.63) is 35.6 Å². The number of rotatable bonds is 9. The van der Waals surface area contributed by atoms with E-state index in [1.54, 1.807) is 12.1 Å². The van der Waals surface area contributed by atoms with Crippen LogP contribution in [0.4, 0.5) is 4.39 Å². The second-order valence-corrected chi connectivity index (χ2v) is 7.16. The first-order valence-corrected chi connectivity index (χ1v) is 9.67. The lowest BCUT2D eigenvalue weighted by molar-refractivity contribution is -0.134. The van der Waals surface area contributed by atoms with Crippen LogP contribution in [0.15, 0.2) is 24.3 Å². The molecule has 1 fully saturated rings. The van der Waals surface area contributed by atoms with Crippen LogP contribution in [0.25, 0.3) is 0 Å². The summed E-state index contributed by atoms with van der Waals surface area (Å²) in [5.41, 5.74) is 0.977. The van der Waals surface area contributed by atoms with Crippen LogP contribution in [-0.4, -0.2) is 79.4 Å². The number of carbonyl (C=O) groups excluding carboxylic acids is 2. The van der Waals surface area contributed by atoms with E-state index in [4.69, 9.17) is 0 Å². The van der Waals surface area contributed by atoms with E-state index in [1.807, 2.05) is 16.8 Å². The van der Waals surface area contributed by atoms with Crippen LogP contribution in [0.3, 0.4) is 0 Å². The van der Waals surface area contributed by atoms with Crippen molar-refractivity contribution in [3.8, 4) is 0 Å². The third-order valence-corrected chi connectivity index (χ3v) is 4.72. The van der Waals surface area contributed by atoms with Crippen LogP contribution in [0.5, 0.6) is 0 Å². The van der Waals surface area contributed by atoms with Crippen molar-refractivity contribution in [2.75, 3.05) is 52.9 Å². The molecule has 0 radical (unpaired) electrons. The normalized spacial score (nSPS) is 15.2. The molecule has 0 saturated carbocycles. The van der Waals surface area contributed by atoms with Crippen LogP contribution >= 0.6 is 0 Å². The van der Waals surface area contributed by atoms with Crippen LogP contribution in [-0.2, 0) is 16.1 Å². The number of carbonyl (C=O) groups is 2. The first-order valence-electron chi connectivity index (χ1n) is 9.67. The predicted molar refractivity (Wildman–Crippen MR) is 104 cm³/mol. The van der Waals surface area contributed by atoms with Gasteiger partial charge in [0.15, 0.2) is 0 Å². The van der Waals surface area contributed by atoms with Crippen LogP contribution in [0.1, 0.15) is 25.3 Å². The fourth-order valence-corrected chi connectivity index (χ4v) is 3.11. The number of piperazine rings is 1. The molecule has 2 rings (SSSR count). The number of likely N-dealkylation sites (N-methyl/N-ethyl adjacent to an activating group) is 1. The Bertz CT molecular complexity index is 601. The molecular formula is C20H31FN4O2. The van der Waals surface area contributed by atoms with Crippen molar-refractivity contribution >= 4 is 11.8 Å². The van der Waals surface area contributed by atoms with Gasteiger partial charge in [-0.3, -0.25) is 19.4 Å². The maximum absolute atomic E-state index is 13.0. The number of nitrogens with one attached hydrogen (secondary N) is 1. The molecule has 1 aromatic carbocycles. The van der Waals surface area contributed by atoms with Crippen molar-refractivity contribution in [1.29, 1.82) is 0 Å². The minimum Gasteiger partial charge on any atom is -0.355 e. The molecule has 0 unspecified atom stereocenters. The Kier molecular flexibility index (Phi) is 8.67. The Morgan fingerprint density at radius 2 is 1.81 bits per heavy atom. The summed E-state index contributed by atoms with van der Waals surface area (Å²) in [6.45, 7) is 6.88. The summed E-state index contributed by atoms with van der Waals surface area (Å²) >= 11 is 0. The van der Waals surface area contributed by atoms with Gasteiger partial charge in [0.2, 0.25) is 11.8 Å². The van der Waals surface area contributed by atoms with Crippen molar-refractivity contribution in [1.82, 2.24) is 20.0 Å². The molecule has 0 aliphatic carbocycles. The maximum Gasteiger partial charge on any atom is 0.236 e. The van der Waals surface area contributed by atoms with E-state index < -0.39 is 0 Å². The molecule has 0 aromatic heterocycles. The fraction of sp³-hybridized carbons (Fsp3) is 0.600. The topological polar surface area (TPSA) is 55.9 Å². The molecule has 1 aromatic rings. The molecule has 2 amide bonds. The van der Waals surface area contributed by atoms with E-state index in [0.717, 1.165) is 24.9 Å². The number of hydrogen-bond acceptors (Lipinski definition) is 4. The zero-order valence-corrected chi connectivity index (χ0v) is 16.4. The van der Waals surface area contributed by atoms with Gasteiger partial charge in [-0.2, -0.15) is 0 Å². The third-order valence-electron chi connectivity index (χ3n) is 4.72. The molecule has 1 aliphatic heterocycles. The van der Waals surface area contributed by atoms with Gasteiger partial charge in [-0.1, -0.05) is 25.5 Å². The smallest absolute Gasteiger partial charge is 0.236 e. The van der Waals surface area contributed by atoms with E-state index in [-0.39, 0.29) is 17.6 Å². The Morgan fingerprint density at radius 3 is 2.44 bits per heavy atom. The zero-order valence-electron chi connectivity index (χ0n) is 16.4. The Morgan fingerprint density at radius 1 is 1.15 bits per heavy atom. The quantitative estimate of drug-likeness (QED) is 0.659. The van der Waals surface area contributed by atoms with E-state index in [2.05, 4.69) is 17.1 Å². The highest BCUT2D eigenvalue weighted by molar-refractivity contribution is 5.79. The van der Waals surface area contributed by atoms with E-state index in [9.17, 15) is 14.0 Å². The summed E-state index contributed by atoms with van der Waals surface area (Å²) in [4.78, 5) is 30.2. The molecule has 7 heteroatoms. The standard InChI is InChI=1S/C20H31FN4O2/c1-3-4-9-22-19(26)15-24-10-12-25(13-11-24)20(27)16-23(2)14-17-5-7-18(21)8-6-17/h5-8H,3-4,9-16H2,1-2H3,(H,22,26). The first kappa shape index (κ1) is 21.3. The van der Waals surface area contributed by atoms with E-state index in [0.29, 0.717) is 45.8 Å². The summed E-state index contributed by atoms with van der Waals surface area (Å²) < 4.78 is 13.0. The average molecular weight is 378 g/mol. The lowest BCUT2D eigenvalue weighted by Gasteiger charge is -2.35. The lowest BCUT2D eigenvalue weighted by atomic mass is 10.2. The van der Waals surface area contributed by atoms with Crippen molar-refractivity contribution in [2.24, 2.45) is 0 Å². The van der Waals surface area contributed by atoms with Crippen molar-refractivity contribution < 1.29 is 14.0 Å². The molecule has 6 nitrogen and oxygen atoms in total. The second-order valence-electron chi connectivity index (χ2n) is 7.16. The molecule has 1 heterocycles. The number of amides is 2. The Hall–Kier alpha value is -1.99. The SMILES string of the molecule is CCCCNC(=O)CN1CCN(C(=O)CN(C)Cc2ccc(F)cc2)CC1. The Labute approximate surface area is 161 Å². The molecule has 1 saturated heterocycles. The van der Waals surface area contributed by atoms with Crippen molar-refractivity contribution in [2.45, 2.75) is 26.3 Å². The molecule has 27 heavy (non-hydrogen) atoms. The molecule has 0 atom stereocenters. The maximum atomic E-state index is 13.0. The van der Waals surface area contributed by atoms with Gasteiger partial charge in [-0.15, -0.1) is 0 Å². The van der Waals surface area contributed by atoms with Gasteiger partial charge in [0.25, 0.3) is 0 Å².